The summed E-state index contributed by atoms with van der Waals surface area (Å²) in [6.07, 6.45) is 5.08. The lowest BCUT2D eigenvalue weighted by Gasteiger charge is -2.15. The van der Waals surface area contributed by atoms with Crippen molar-refractivity contribution in [1.29, 1.82) is 0 Å². The molecule has 1 atom stereocenters. The molecule has 106 valence electrons. The Morgan fingerprint density at radius 3 is 2.28 bits per heavy atom. The number of hydrogen-bond donors (Lipinski definition) is 2. The summed E-state index contributed by atoms with van der Waals surface area (Å²) in [7, 11) is 0. The Balaban J connectivity index is 4.01. The topological polar surface area (TPSA) is 75.6 Å². The van der Waals surface area contributed by atoms with Crippen LogP contribution < -0.4 is 5.32 Å². The predicted octanol–water partition coefficient (Wildman–Crippen LogP) is 2.94. The fourth-order valence-corrected chi connectivity index (χ4v) is 1.62. The smallest absolute Gasteiger partial charge is 0.405 e. The zero-order valence-corrected chi connectivity index (χ0v) is 11.4. The normalized spacial score (nSPS) is 11.9. The molecule has 0 radical (unpaired) electrons. The molecule has 0 heterocycles. The van der Waals surface area contributed by atoms with Crippen molar-refractivity contribution in [2.75, 3.05) is 6.61 Å². The number of carbonyl (C=O) groups is 2. The summed E-state index contributed by atoms with van der Waals surface area (Å²) in [6.45, 7) is 4.50. The lowest BCUT2D eigenvalue weighted by Crippen LogP contribution is -2.41. The van der Waals surface area contributed by atoms with Crippen LogP contribution in [0.3, 0.4) is 0 Å². The molecule has 5 nitrogen and oxygen atoms in total. The summed E-state index contributed by atoms with van der Waals surface area (Å²) in [5.74, 6) is -0.454. The van der Waals surface area contributed by atoms with Gasteiger partial charge in [0.25, 0.3) is 0 Å². The molecule has 18 heavy (non-hydrogen) atoms. The van der Waals surface area contributed by atoms with Gasteiger partial charge in [-0.3, -0.25) is 0 Å². The van der Waals surface area contributed by atoms with Crippen LogP contribution in [0.4, 0.5) is 4.79 Å². The van der Waals surface area contributed by atoms with E-state index in [2.05, 4.69) is 19.2 Å². The van der Waals surface area contributed by atoms with E-state index in [0.717, 1.165) is 38.5 Å². The molecule has 0 aliphatic heterocycles. The average molecular weight is 259 g/mol. The van der Waals surface area contributed by atoms with Gasteiger partial charge in [-0.25, -0.2) is 9.59 Å². The summed E-state index contributed by atoms with van der Waals surface area (Å²) in [5.41, 5.74) is 0. The number of nitrogens with one attached hydrogen (secondary N) is 1. The first-order valence-electron chi connectivity index (χ1n) is 6.77. The van der Waals surface area contributed by atoms with Gasteiger partial charge in [0.15, 0.2) is 0 Å². The van der Waals surface area contributed by atoms with Gasteiger partial charge in [0.05, 0.1) is 6.61 Å². The average Bonchev–Trinajstić information content (AvgIpc) is 2.33. The molecule has 0 aromatic rings. The molecule has 0 bridgehead atoms. The largest absolute Gasteiger partial charge is 0.465 e. The van der Waals surface area contributed by atoms with Gasteiger partial charge in [0.2, 0.25) is 0 Å². The Hall–Kier alpha value is -1.26. The number of carboxylic acid groups (broad SMARTS) is 1. The maximum atomic E-state index is 11.7. The molecule has 5 heteroatoms. The number of carbonyl (C=O) groups excluding carboxylic acids is 1. The minimum Gasteiger partial charge on any atom is -0.465 e. The number of ether oxygens (including phenoxy) is 1. The Morgan fingerprint density at radius 2 is 1.72 bits per heavy atom. The highest BCUT2D eigenvalue weighted by Gasteiger charge is 2.21. The third-order valence-electron chi connectivity index (χ3n) is 2.67. The molecule has 0 fully saturated rings. The first-order valence-corrected chi connectivity index (χ1v) is 6.77. The fourth-order valence-electron chi connectivity index (χ4n) is 1.62. The molecule has 0 spiro atoms. The van der Waals surface area contributed by atoms with Crippen molar-refractivity contribution in [1.82, 2.24) is 5.32 Å². The minimum absolute atomic E-state index is 0.373. The molecule has 2 N–H and O–H groups in total. The molecule has 1 amide bonds. The van der Waals surface area contributed by atoms with Crippen LogP contribution in [0.5, 0.6) is 0 Å². The quantitative estimate of drug-likeness (QED) is 0.467. The second-order valence-electron chi connectivity index (χ2n) is 4.37. The molecular weight excluding hydrogens is 234 g/mol. The Labute approximate surface area is 109 Å². The molecule has 0 aliphatic rings. The Morgan fingerprint density at radius 1 is 1.11 bits per heavy atom. The molecule has 0 saturated carbocycles. The zero-order valence-electron chi connectivity index (χ0n) is 11.4. The standard InChI is InChI=1S/C13H25NO4/c1-3-5-7-9-11(14-13(16)17)12(15)18-10-8-6-4-2/h11,14H,3-10H2,1-2H3,(H,16,17). The third-order valence-corrected chi connectivity index (χ3v) is 2.67. The van der Waals surface area contributed by atoms with Crippen molar-refractivity contribution in [3.63, 3.8) is 0 Å². The lowest BCUT2D eigenvalue weighted by molar-refractivity contribution is -0.146. The maximum Gasteiger partial charge on any atom is 0.405 e. The molecule has 0 aliphatic carbocycles. The van der Waals surface area contributed by atoms with E-state index < -0.39 is 18.1 Å². The van der Waals surface area contributed by atoms with Gasteiger partial charge in [-0.15, -0.1) is 0 Å². The van der Waals surface area contributed by atoms with E-state index in [1.165, 1.54) is 0 Å². The summed E-state index contributed by atoms with van der Waals surface area (Å²) in [5, 5.41) is 10.9. The van der Waals surface area contributed by atoms with E-state index in [0.29, 0.717) is 13.0 Å². The lowest BCUT2D eigenvalue weighted by atomic mass is 10.1. The summed E-state index contributed by atoms with van der Waals surface area (Å²) < 4.78 is 5.07. The van der Waals surface area contributed by atoms with Gasteiger partial charge in [-0.2, -0.15) is 0 Å². The molecule has 0 aromatic heterocycles. The van der Waals surface area contributed by atoms with E-state index >= 15 is 0 Å². The van der Waals surface area contributed by atoms with Crippen LogP contribution in [0, 0.1) is 0 Å². The van der Waals surface area contributed by atoms with Crippen LogP contribution in [0.15, 0.2) is 0 Å². The number of rotatable bonds is 10. The first-order chi connectivity index (χ1) is 8.61. The van der Waals surface area contributed by atoms with Crippen LogP contribution in [-0.4, -0.2) is 29.8 Å². The van der Waals surface area contributed by atoms with E-state index in [1.807, 2.05) is 0 Å². The molecule has 0 saturated heterocycles. The van der Waals surface area contributed by atoms with Crippen molar-refractivity contribution < 1.29 is 19.4 Å². The van der Waals surface area contributed by atoms with E-state index in [1.54, 1.807) is 0 Å². The number of esters is 1. The zero-order chi connectivity index (χ0) is 13.8. The monoisotopic (exact) mass is 259 g/mol. The summed E-state index contributed by atoms with van der Waals surface area (Å²) in [4.78, 5) is 22.3. The van der Waals surface area contributed by atoms with Crippen molar-refractivity contribution in [2.45, 2.75) is 64.8 Å². The van der Waals surface area contributed by atoms with Crippen molar-refractivity contribution in [2.24, 2.45) is 0 Å². The van der Waals surface area contributed by atoms with Gasteiger partial charge >= 0.3 is 12.1 Å². The Kier molecular flexibility index (Phi) is 10.1. The van der Waals surface area contributed by atoms with Crippen LogP contribution in [0.2, 0.25) is 0 Å². The Bertz CT molecular complexity index is 243. The minimum atomic E-state index is -1.18. The number of amides is 1. The van der Waals surface area contributed by atoms with Crippen molar-refractivity contribution >= 4 is 12.1 Å². The van der Waals surface area contributed by atoms with Gasteiger partial charge in [-0.05, 0) is 12.8 Å². The van der Waals surface area contributed by atoms with Crippen molar-refractivity contribution in [3.8, 4) is 0 Å². The highest BCUT2D eigenvalue weighted by molar-refractivity contribution is 5.80. The van der Waals surface area contributed by atoms with Crippen LogP contribution in [-0.2, 0) is 9.53 Å². The predicted molar refractivity (Wildman–Crippen MR) is 69.6 cm³/mol. The summed E-state index contributed by atoms with van der Waals surface area (Å²) in [6, 6.07) is -0.726. The fraction of sp³-hybridized carbons (Fsp3) is 0.846. The molecule has 1 unspecified atom stereocenters. The van der Waals surface area contributed by atoms with Crippen molar-refractivity contribution in [3.05, 3.63) is 0 Å². The van der Waals surface area contributed by atoms with E-state index in [-0.39, 0.29) is 0 Å². The first kappa shape index (κ1) is 16.7. The van der Waals surface area contributed by atoms with E-state index in [4.69, 9.17) is 9.84 Å². The van der Waals surface area contributed by atoms with Crippen LogP contribution >= 0.6 is 0 Å². The molecule has 0 aromatic carbocycles. The van der Waals surface area contributed by atoms with Gasteiger partial charge < -0.3 is 15.2 Å². The molecule has 0 rings (SSSR count). The van der Waals surface area contributed by atoms with Gasteiger partial charge in [0, 0.05) is 0 Å². The van der Waals surface area contributed by atoms with Crippen LogP contribution in [0.25, 0.3) is 0 Å². The molecular formula is C13H25NO4. The number of unbranched alkanes of at least 4 members (excludes halogenated alkanes) is 4. The maximum absolute atomic E-state index is 11.7. The SMILES string of the molecule is CCCCCOC(=O)C(CCCCC)NC(=O)O. The van der Waals surface area contributed by atoms with Crippen LogP contribution in [0.1, 0.15) is 58.8 Å². The summed E-state index contributed by atoms with van der Waals surface area (Å²) >= 11 is 0. The number of hydrogen-bond acceptors (Lipinski definition) is 3. The highest BCUT2D eigenvalue weighted by atomic mass is 16.5. The highest BCUT2D eigenvalue weighted by Crippen LogP contribution is 2.06. The van der Waals surface area contributed by atoms with E-state index in [9.17, 15) is 9.59 Å². The second kappa shape index (κ2) is 10.9. The second-order valence-corrected chi connectivity index (χ2v) is 4.37. The van der Waals surface area contributed by atoms with Gasteiger partial charge in [-0.1, -0.05) is 46.0 Å². The third kappa shape index (κ3) is 8.84. The van der Waals surface area contributed by atoms with Gasteiger partial charge in [0.1, 0.15) is 6.04 Å².